The minimum atomic E-state index is -0.489. The van der Waals surface area contributed by atoms with Crippen molar-refractivity contribution in [2.45, 2.75) is 39.5 Å². The molecule has 0 aliphatic heterocycles. The van der Waals surface area contributed by atoms with Crippen molar-refractivity contribution < 1.29 is 19.1 Å². The second-order valence-electron chi connectivity index (χ2n) is 7.13. The third kappa shape index (κ3) is 9.33. The predicted molar refractivity (Wildman–Crippen MR) is 112 cm³/mol. The fourth-order valence-corrected chi connectivity index (χ4v) is 2.66. The van der Waals surface area contributed by atoms with Gasteiger partial charge in [0.1, 0.15) is 13.2 Å². The van der Waals surface area contributed by atoms with E-state index in [1.165, 1.54) is 0 Å². The van der Waals surface area contributed by atoms with Crippen LogP contribution in [0.15, 0.2) is 24.3 Å². The van der Waals surface area contributed by atoms with E-state index in [9.17, 15) is 9.59 Å². The fourth-order valence-electron chi connectivity index (χ4n) is 2.66. The van der Waals surface area contributed by atoms with Crippen molar-refractivity contribution in [2.75, 3.05) is 53.5 Å². The first kappa shape index (κ1) is 24.1. The summed E-state index contributed by atoms with van der Waals surface area (Å²) < 4.78 is 10.7. The molecule has 0 fully saturated rings. The minimum absolute atomic E-state index is 0.253. The highest BCUT2D eigenvalue weighted by Crippen LogP contribution is 2.12. The molecular weight excluding hydrogens is 356 g/mol. The molecule has 158 valence electrons. The van der Waals surface area contributed by atoms with E-state index in [-0.39, 0.29) is 11.1 Å². The average Bonchev–Trinajstić information content (AvgIpc) is 2.70. The van der Waals surface area contributed by atoms with Crippen LogP contribution in [0.1, 0.15) is 60.2 Å². The largest absolute Gasteiger partial charge is 0.461 e. The highest BCUT2D eigenvalue weighted by atomic mass is 16.5. The van der Waals surface area contributed by atoms with E-state index in [1.54, 1.807) is 24.3 Å². The maximum absolute atomic E-state index is 12.4. The van der Waals surface area contributed by atoms with E-state index < -0.39 is 11.9 Å². The molecule has 0 spiro atoms. The highest BCUT2D eigenvalue weighted by Gasteiger charge is 2.19. The normalized spacial score (nSPS) is 11.1. The molecule has 1 aromatic rings. The first-order chi connectivity index (χ1) is 13.5. The molecule has 0 bridgehead atoms. The second-order valence-corrected chi connectivity index (χ2v) is 7.13. The summed E-state index contributed by atoms with van der Waals surface area (Å²) in [5.74, 6) is -0.979. The van der Waals surface area contributed by atoms with E-state index in [2.05, 4.69) is 23.6 Å². The van der Waals surface area contributed by atoms with Crippen LogP contribution in [0.5, 0.6) is 0 Å². The lowest BCUT2D eigenvalue weighted by molar-refractivity contribution is 0.0426. The van der Waals surface area contributed by atoms with Crippen molar-refractivity contribution in [1.82, 2.24) is 9.80 Å². The van der Waals surface area contributed by atoms with Crippen LogP contribution >= 0.6 is 0 Å². The van der Waals surface area contributed by atoms with Crippen LogP contribution in [0.25, 0.3) is 0 Å². The van der Waals surface area contributed by atoms with E-state index in [0.29, 0.717) is 26.3 Å². The molecule has 0 aliphatic carbocycles. The van der Waals surface area contributed by atoms with Crippen molar-refractivity contribution in [3.05, 3.63) is 35.4 Å². The van der Waals surface area contributed by atoms with E-state index >= 15 is 0 Å². The predicted octanol–water partition coefficient (Wildman–Crippen LogP) is 3.46. The van der Waals surface area contributed by atoms with Crippen LogP contribution in [0.4, 0.5) is 0 Å². The summed E-state index contributed by atoms with van der Waals surface area (Å²) in [6.45, 7) is 8.17. The molecule has 1 aromatic carbocycles. The molecule has 0 amide bonds. The van der Waals surface area contributed by atoms with E-state index in [4.69, 9.17) is 9.47 Å². The monoisotopic (exact) mass is 392 g/mol. The molecular formula is C22H36N2O4. The summed E-state index contributed by atoms with van der Waals surface area (Å²) in [4.78, 5) is 29.1. The molecule has 6 heteroatoms. The van der Waals surface area contributed by atoms with Gasteiger partial charge in [-0.3, -0.25) is 0 Å². The van der Waals surface area contributed by atoms with Crippen molar-refractivity contribution in [2.24, 2.45) is 0 Å². The molecule has 0 saturated carbocycles. The summed E-state index contributed by atoms with van der Waals surface area (Å²) >= 11 is 0. The molecule has 28 heavy (non-hydrogen) atoms. The summed E-state index contributed by atoms with van der Waals surface area (Å²) in [6, 6.07) is 6.65. The second kappa shape index (κ2) is 14.1. The lowest BCUT2D eigenvalue weighted by Crippen LogP contribution is -2.26. The van der Waals surface area contributed by atoms with Crippen LogP contribution in [-0.4, -0.2) is 75.2 Å². The quantitative estimate of drug-likeness (QED) is 0.452. The van der Waals surface area contributed by atoms with Crippen LogP contribution in [0, 0.1) is 0 Å². The maximum atomic E-state index is 12.4. The number of nitrogens with zero attached hydrogens (tertiary/aromatic N) is 2. The first-order valence-electron chi connectivity index (χ1n) is 10.3. The van der Waals surface area contributed by atoms with Crippen LogP contribution in [-0.2, 0) is 9.47 Å². The van der Waals surface area contributed by atoms with Gasteiger partial charge >= 0.3 is 11.9 Å². The highest BCUT2D eigenvalue weighted by molar-refractivity contribution is 6.03. The maximum Gasteiger partial charge on any atom is 0.339 e. The Morgan fingerprint density at radius 1 is 0.750 bits per heavy atom. The number of hydrogen-bond acceptors (Lipinski definition) is 6. The molecule has 0 heterocycles. The number of likely N-dealkylation sites (N-methyl/N-ethyl adjacent to an activating group) is 2. The number of benzene rings is 1. The van der Waals surface area contributed by atoms with E-state index in [0.717, 1.165) is 38.8 Å². The van der Waals surface area contributed by atoms with Gasteiger partial charge in [-0.2, -0.15) is 0 Å². The number of carbonyl (C=O) groups is 2. The Balaban J connectivity index is 2.51. The lowest BCUT2D eigenvalue weighted by atomic mass is 10.1. The lowest BCUT2D eigenvalue weighted by Gasteiger charge is -2.17. The van der Waals surface area contributed by atoms with Crippen LogP contribution in [0.2, 0.25) is 0 Å². The van der Waals surface area contributed by atoms with Gasteiger partial charge in [0, 0.05) is 13.1 Å². The van der Waals surface area contributed by atoms with Crippen LogP contribution in [0.3, 0.4) is 0 Å². The zero-order chi connectivity index (χ0) is 20.8. The van der Waals surface area contributed by atoms with Gasteiger partial charge in [0.15, 0.2) is 0 Å². The number of carbonyl (C=O) groups excluding carboxylic acids is 2. The Kier molecular flexibility index (Phi) is 12.2. The van der Waals surface area contributed by atoms with Gasteiger partial charge in [0.05, 0.1) is 11.1 Å². The molecule has 0 saturated heterocycles. The smallest absolute Gasteiger partial charge is 0.339 e. The van der Waals surface area contributed by atoms with Crippen molar-refractivity contribution in [3.8, 4) is 0 Å². The van der Waals surface area contributed by atoms with Gasteiger partial charge in [-0.1, -0.05) is 38.8 Å². The minimum Gasteiger partial charge on any atom is -0.461 e. The summed E-state index contributed by atoms with van der Waals surface area (Å²) in [5, 5.41) is 0. The Morgan fingerprint density at radius 3 is 1.50 bits per heavy atom. The first-order valence-corrected chi connectivity index (χ1v) is 10.3. The molecule has 1 rings (SSSR count). The number of hydrogen-bond donors (Lipinski definition) is 0. The number of rotatable bonds is 14. The Morgan fingerprint density at radius 2 is 1.14 bits per heavy atom. The van der Waals surface area contributed by atoms with Crippen LogP contribution < -0.4 is 0 Å². The van der Waals surface area contributed by atoms with Gasteiger partial charge in [-0.15, -0.1) is 0 Å². The zero-order valence-corrected chi connectivity index (χ0v) is 17.9. The van der Waals surface area contributed by atoms with Gasteiger partial charge in [-0.25, -0.2) is 9.59 Å². The van der Waals surface area contributed by atoms with Gasteiger partial charge in [-0.05, 0) is 52.2 Å². The van der Waals surface area contributed by atoms with Crippen molar-refractivity contribution in [3.63, 3.8) is 0 Å². The molecule has 0 unspecified atom stereocenters. The fraction of sp³-hybridized carbons (Fsp3) is 0.636. The SMILES string of the molecule is CCCCN(C)CCOC(=O)c1ccccc1C(=O)OCCN(C)CCCC. The standard InChI is InChI=1S/C22H36N2O4/c1-5-7-13-23(3)15-17-27-21(25)19-11-9-10-12-20(19)22(26)28-18-16-24(4)14-8-6-2/h9-12H,5-8,13-18H2,1-4H3. The topological polar surface area (TPSA) is 59.1 Å². The molecule has 0 aromatic heterocycles. The van der Waals surface area contributed by atoms with Gasteiger partial charge < -0.3 is 19.3 Å². The molecule has 0 aliphatic rings. The molecule has 0 atom stereocenters. The summed E-state index contributed by atoms with van der Waals surface area (Å²) in [6.07, 6.45) is 4.50. The van der Waals surface area contributed by atoms with Gasteiger partial charge in [0.25, 0.3) is 0 Å². The van der Waals surface area contributed by atoms with E-state index in [1.807, 2.05) is 14.1 Å². The third-order valence-electron chi connectivity index (χ3n) is 4.57. The average molecular weight is 393 g/mol. The Labute approximate surface area is 169 Å². The van der Waals surface area contributed by atoms with Crippen molar-refractivity contribution >= 4 is 11.9 Å². The Hall–Kier alpha value is -1.92. The molecule has 0 radical (unpaired) electrons. The number of esters is 2. The Bertz CT molecular complexity index is 541. The summed E-state index contributed by atoms with van der Waals surface area (Å²) in [5.41, 5.74) is 0.506. The summed E-state index contributed by atoms with van der Waals surface area (Å²) in [7, 11) is 4.01. The molecule has 6 nitrogen and oxygen atoms in total. The number of ether oxygens (including phenoxy) is 2. The van der Waals surface area contributed by atoms with Gasteiger partial charge in [0.2, 0.25) is 0 Å². The number of unbranched alkanes of at least 4 members (excludes halogenated alkanes) is 2. The zero-order valence-electron chi connectivity index (χ0n) is 17.9. The third-order valence-corrected chi connectivity index (χ3v) is 4.57. The molecule has 0 N–H and O–H groups in total. The van der Waals surface area contributed by atoms with Crippen molar-refractivity contribution in [1.29, 1.82) is 0 Å².